The number of rotatable bonds is 7. The minimum Gasteiger partial charge on any atom is -0.488 e. The van der Waals surface area contributed by atoms with Crippen molar-refractivity contribution in [1.29, 1.82) is 0 Å². The molecule has 0 saturated heterocycles. The van der Waals surface area contributed by atoms with Gasteiger partial charge in [0.2, 0.25) is 0 Å². The van der Waals surface area contributed by atoms with Gasteiger partial charge < -0.3 is 10.1 Å². The maximum Gasteiger partial charge on any atom is 0.259 e. The smallest absolute Gasteiger partial charge is 0.259 e. The number of anilines is 1. The van der Waals surface area contributed by atoms with Crippen LogP contribution >= 0.6 is 50.5 Å². The summed E-state index contributed by atoms with van der Waals surface area (Å²) in [5, 5.41) is 4.99. The first kappa shape index (κ1) is 27.9. The lowest BCUT2D eigenvalue weighted by atomic mass is 9.96. The van der Waals surface area contributed by atoms with Crippen LogP contribution < -0.4 is 10.1 Å². The van der Waals surface area contributed by atoms with E-state index in [2.05, 4.69) is 21.2 Å². The van der Waals surface area contributed by atoms with E-state index in [9.17, 15) is 4.79 Å². The molecule has 0 saturated carbocycles. The highest BCUT2D eigenvalue weighted by atomic mass is 79.9. The predicted octanol–water partition coefficient (Wildman–Crippen LogP) is 10.1. The monoisotopic (exact) mass is 640 g/mol. The number of halogens is 3. The van der Waals surface area contributed by atoms with Crippen LogP contribution in [-0.4, -0.2) is 12.1 Å². The Kier molecular flexibility index (Phi) is 9.40. The molecule has 1 heterocycles. The van der Waals surface area contributed by atoms with Crippen molar-refractivity contribution in [2.45, 2.75) is 45.1 Å². The average molecular weight is 642 g/mol. The molecule has 200 valence electrons. The van der Waals surface area contributed by atoms with Gasteiger partial charge >= 0.3 is 0 Å². The number of amides is 1. The highest BCUT2D eigenvalue weighted by Gasteiger charge is 2.24. The lowest BCUT2D eigenvalue weighted by Gasteiger charge is -2.12. The van der Waals surface area contributed by atoms with Crippen LogP contribution in [0.1, 0.15) is 57.6 Å². The molecule has 0 unspecified atom stereocenters. The quantitative estimate of drug-likeness (QED) is 0.204. The molecule has 3 aromatic carbocycles. The zero-order chi connectivity index (χ0) is 27.2. The van der Waals surface area contributed by atoms with Gasteiger partial charge in [0.25, 0.3) is 5.91 Å². The largest absolute Gasteiger partial charge is 0.488 e. The molecule has 0 radical (unpaired) electrons. The number of nitrogens with zero attached hydrogens (tertiary/aromatic N) is 1. The van der Waals surface area contributed by atoms with Crippen molar-refractivity contribution in [3.63, 3.8) is 0 Å². The van der Waals surface area contributed by atoms with Crippen LogP contribution in [0.5, 0.6) is 5.75 Å². The van der Waals surface area contributed by atoms with E-state index in [1.54, 1.807) is 23.5 Å². The molecular weight excluding hydrogens is 615 g/mol. The Morgan fingerprint density at radius 1 is 1.00 bits per heavy atom. The summed E-state index contributed by atoms with van der Waals surface area (Å²) in [6.07, 6.45) is 8.38. The second-order valence-electron chi connectivity index (χ2n) is 9.39. The second kappa shape index (κ2) is 13.1. The van der Waals surface area contributed by atoms with Crippen LogP contribution in [0.25, 0.3) is 0 Å². The van der Waals surface area contributed by atoms with E-state index >= 15 is 0 Å². The Morgan fingerprint density at radius 3 is 2.56 bits per heavy atom. The summed E-state index contributed by atoms with van der Waals surface area (Å²) >= 11 is 17.5. The first-order chi connectivity index (χ1) is 19.0. The Hall–Kier alpha value is -2.64. The molecule has 0 spiro atoms. The number of carbonyl (C=O) groups excluding carboxylic acids is 1. The summed E-state index contributed by atoms with van der Waals surface area (Å²) in [6.45, 7) is 0.322. The number of para-hydroxylation sites is 1. The number of aryl methyl sites for hydroxylation is 1. The zero-order valence-electron chi connectivity index (χ0n) is 21.2. The Labute approximate surface area is 251 Å². The third kappa shape index (κ3) is 7.12. The SMILES string of the molecule is O=C(Nc1ccccc1)c1c(N=Cc2ccc(OCc3ccc(Cl)cc3Cl)c(Br)c2)sc2c1CCCCCC2. The van der Waals surface area contributed by atoms with Crippen molar-refractivity contribution < 1.29 is 9.53 Å². The van der Waals surface area contributed by atoms with Gasteiger partial charge in [0, 0.05) is 32.4 Å². The molecule has 39 heavy (non-hydrogen) atoms. The molecule has 1 aromatic heterocycles. The van der Waals surface area contributed by atoms with E-state index < -0.39 is 0 Å². The lowest BCUT2D eigenvalue weighted by Crippen LogP contribution is -2.14. The molecule has 5 rings (SSSR count). The Morgan fingerprint density at radius 2 is 1.79 bits per heavy atom. The number of carbonyl (C=O) groups is 1. The van der Waals surface area contributed by atoms with Gasteiger partial charge in [0.15, 0.2) is 0 Å². The molecule has 1 N–H and O–H groups in total. The van der Waals surface area contributed by atoms with E-state index in [0.717, 1.165) is 57.5 Å². The van der Waals surface area contributed by atoms with Gasteiger partial charge in [-0.3, -0.25) is 4.79 Å². The lowest BCUT2D eigenvalue weighted by molar-refractivity contribution is 0.102. The van der Waals surface area contributed by atoms with E-state index in [4.69, 9.17) is 32.9 Å². The number of aliphatic imine (C=N–C) groups is 1. The van der Waals surface area contributed by atoms with Crippen LogP contribution in [0.15, 0.2) is 76.2 Å². The molecule has 1 aliphatic rings. The molecule has 0 bridgehead atoms. The standard InChI is InChI=1S/C31H27BrCl2N2O2S/c32-25-16-20(12-15-27(25)38-19-21-13-14-22(33)17-26(21)34)18-35-31-29(30(37)36-23-8-4-3-5-9-23)24-10-6-1-2-7-11-28(24)39-31/h3-5,8-9,12-18H,1-2,6-7,10-11,19H2,(H,36,37). The second-order valence-corrected chi connectivity index (χ2v) is 12.2. The topological polar surface area (TPSA) is 50.7 Å². The first-order valence-corrected chi connectivity index (χ1v) is 15.3. The molecule has 0 aliphatic heterocycles. The minimum atomic E-state index is -0.0998. The van der Waals surface area contributed by atoms with E-state index in [0.29, 0.717) is 28.0 Å². The van der Waals surface area contributed by atoms with Crippen LogP contribution in [0.4, 0.5) is 10.7 Å². The van der Waals surface area contributed by atoms with Crippen molar-refractivity contribution in [1.82, 2.24) is 0 Å². The van der Waals surface area contributed by atoms with Crippen molar-refractivity contribution >= 4 is 73.3 Å². The number of thiophene rings is 1. The van der Waals surface area contributed by atoms with Crippen LogP contribution in [-0.2, 0) is 19.4 Å². The highest BCUT2D eigenvalue weighted by molar-refractivity contribution is 9.10. The van der Waals surface area contributed by atoms with Crippen LogP contribution in [0.2, 0.25) is 10.0 Å². The fourth-order valence-electron chi connectivity index (χ4n) is 4.59. The van der Waals surface area contributed by atoms with Crippen molar-refractivity contribution in [3.05, 3.63) is 108 Å². The normalized spacial score (nSPS) is 13.5. The molecule has 0 fully saturated rings. The third-order valence-corrected chi connectivity index (χ3v) is 9.00. The molecule has 1 amide bonds. The average Bonchev–Trinajstić information content (AvgIpc) is 3.24. The number of fused-ring (bicyclic) bond motifs is 1. The summed E-state index contributed by atoms with van der Waals surface area (Å²) in [4.78, 5) is 19.6. The Balaban J connectivity index is 1.37. The fourth-order valence-corrected chi connectivity index (χ4v) is 6.79. The molecular formula is C31H27BrCl2N2O2S. The molecule has 1 aliphatic carbocycles. The molecule has 4 nitrogen and oxygen atoms in total. The third-order valence-electron chi connectivity index (χ3n) is 6.60. The maximum atomic E-state index is 13.5. The van der Waals surface area contributed by atoms with Crippen molar-refractivity contribution in [3.8, 4) is 5.75 Å². The number of hydrogen-bond acceptors (Lipinski definition) is 4. The summed E-state index contributed by atoms with van der Waals surface area (Å²) in [6, 6.07) is 20.7. The molecule has 0 atom stereocenters. The van der Waals surface area contributed by atoms with Crippen molar-refractivity contribution in [2.24, 2.45) is 4.99 Å². The molecule has 8 heteroatoms. The zero-order valence-corrected chi connectivity index (χ0v) is 25.1. The van der Waals surface area contributed by atoms with Gasteiger partial charge in [-0.1, -0.05) is 60.3 Å². The number of hydrogen-bond donors (Lipinski definition) is 1. The predicted molar refractivity (Wildman–Crippen MR) is 167 cm³/mol. The first-order valence-electron chi connectivity index (χ1n) is 12.9. The fraction of sp³-hybridized carbons (Fsp3) is 0.226. The summed E-state index contributed by atoms with van der Waals surface area (Å²) < 4.78 is 6.78. The van der Waals surface area contributed by atoms with Gasteiger partial charge in [-0.25, -0.2) is 4.99 Å². The van der Waals surface area contributed by atoms with Gasteiger partial charge in [-0.15, -0.1) is 11.3 Å². The number of ether oxygens (including phenoxy) is 1. The Bertz CT molecular complexity index is 1500. The van der Waals surface area contributed by atoms with E-state index in [1.165, 1.54) is 17.7 Å². The minimum absolute atomic E-state index is 0.0998. The van der Waals surface area contributed by atoms with Gasteiger partial charge in [0.1, 0.15) is 17.4 Å². The highest BCUT2D eigenvalue weighted by Crippen LogP contribution is 2.39. The summed E-state index contributed by atoms with van der Waals surface area (Å²) in [5.41, 5.74) is 4.40. The van der Waals surface area contributed by atoms with Crippen LogP contribution in [0.3, 0.4) is 0 Å². The summed E-state index contributed by atoms with van der Waals surface area (Å²) in [7, 11) is 0. The van der Waals surface area contributed by atoms with Crippen LogP contribution in [0, 0.1) is 0 Å². The molecule has 4 aromatic rings. The number of nitrogens with one attached hydrogen (secondary N) is 1. The van der Waals surface area contributed by atoms with Crippen molar-refractivity contribution in [2.75, 3.05) is 5.32 Å². The van der Waals surface area contributed by atoms with Gasteiger partial charge in [-0.2, -0.15) is 0 Å². The van der Waals surface area contributed by atoms with Gasteiger partial charge in [-0.05, 0) is 95.2 Å². The van der Waals surface area contributed by atoms with Gasteiger partial charge in [0.05, 0.1) is 10.0 Å². The maximum absolute atomic E-state index is 13.5. The van der Waals surface area contributed by atoms with E-state index in [-0.39, 0.29) is 5.91 Å². The van der Waals surface area contributed by atoms with E-state index in [1.807, 2.05) is 60.8 Å². The summed E-state index contributed by atoms with van der Waals surface area (Å²) in [5.74, 6) is 0.595. The number of benzene rings is 3.